The summed E-state index contributed by atoms with van der Waals surface area (Å²) in [7, 11) is 0. The Bertz CT molecular complexity index is 521. The van der Waals surface area contributed by atoms with Crippen LogP contribution in [0.15, 0.2) is 30.5 Å². The minimum Gasteiger partial charge on any atom is -0.345 e. The molecule has 0 saturated heterocycles. The number of halogens is 1. The van der Waals surface area contributed by atoms with Crippen LogP contribution in [0, 0.1) is 0 Å². The maximum absolute atomic E-state index is 12.3. The van der Waals surface area contributed by atoms with Gasteiger partial charge in [0.15, 0.2) is 0 Å². The van der Waals surface area contributed by atoms with Crippen molar-refractivity contribution in [1.29, 1.82) is 0 Å². The lowest BCUT2D eigenvalue weighted by Gasteiger charge is -2.04. The minimum absolute atomic E-state index is 0.289. The average Bonchev–Trinajstić information content (AvgIpc) is 2.71. The fraction of sp³-hybridized carbons (Fsp3) is 0.182. The number of fused-ring (bicyclic) bond motifs is 1. The molecular weight excluding hydrogens is 209 g/mol. The largest absolute Gasteiger partial charge is 0.345 e. The number of rotatable bonds is 3. The highest BCUT2D eigenvalue weighted by molar-refractivity contribution is 5.97. The van der Waals surface area contributed by atoms with E-state index in [1.807, 2.05) is 12.1 Å². The molecular formula is C11H12FN3O. The summed E-state index contributed by atoms with van der Waals surface area (Å²) in [6, 6.07) is 7.08. The molecule has 5 heteroatoms. The molecule has 2 aromatic rings. The third-order valence-corrected chi connectivity index (χ3v) is 2.49. The van der Waals surface area contributed by atoms with E-state index in [4.69, 9.17) is 5.84 Å². The molecule has 0 radical (unpaired) electrons. The van der Waals surface area contributed by atoms with Crippen LogP contribution in [-0.4, -0.2) is 17.1 Å². The van der Waals surface area contributed by atoms with Gasteiger partial charge in [-0.05, 0) is 23.6 Å². The van der Waals surface area contributed by atoms with Gasteiger partial charge in [-0.3, -0.25) is 10.2 Å². The molecule has 0 aliphatic heterocycles. The van der Waals surface area contributed by atoms with E-state index in [1.165, 1.54) is 0 Å². The van der Waals surface area contributed by atoms with Gasteiger partial charge in [0.1, 0.15) is 6.67 Å². The van der Waals surface area contributed by atoms with E-state index in [2.05, 4.69) is 5.43 Å². The lowest BCUT2D eigenvalue weighted by molar-refractivity contribution is 0.0954. The first-order valence-corrected chi connectivity index (χ1v) is 4.92. The van der Waals surface area contributed by atoms with E-state index < -0.39 is 6.67 Å². The summed E-state index contributed by atoms with van der Waals surface area (Å²) < 4.78 is 14.1. The molecule has 0 saturated carbocycles. The summed E-state index contributed by atoms with van der Waals surface area (Å²) in [6.07, 6.45) is 1.80. The third kappa shape index (κ3) is 1.77. The number of nitrogens with one attached hydrogen (secondary N) is 1. The molecule has 4 nitrogen and oxygen atoms in total. The molecule has 0 bridgehead atoms. The van der Waals surface area contributed by atoms with Gasteiger partial charge in [-0.1, -0.05) is 6.07 Å². The molecule has 1 aromatic heterocycles. The predicted molar refractivity (Wildman–Crippen MR) is 59.6 cm³/mol. The summed E-state index contributed by atoms with van der Waals surface area (Å²) in [4.78, 5) is 11.3. The first-order valence-electron chi connectivity index (χ1n) is 4.92. The van der Waals surface area contributed by atoms with Crippen molar-refractivity contribution in [2.45, 2.75) is 6.54 Å². The first kappa shape index (κ1) is 10.6. The van der Waals surface area contributed by atoms with Crippen LogP contribution in [0.1, 0.15) is 10.4 Å². The van der Waals surface area contributed by atoms with E-state index in [0.29, 0.717) is 5.56 Å². The van der Waals surface area contributed by atoms with Gasteiger partial charge in [0.2, 0.25) is 0 Å². The molecule has 1 amide bonds. The zero-order chi connectivity index (χ0) is 11.5. The van der Waals surface area contributed by atoms with Gasteiger partial charge in [-0.15, -0.1) is 0 Å². The number of carbonyl (C=O) groups is 1. The number of nitrogens with zero attached hydrogens (tertiary/aromatic N) is 1. The summed E-state index contributed by atoms with van der Waals surface area (Å²) in [5, 5.41) is 0.974. The number of benzene rings is 1. The molecule has 1 aromatic carbocycles. The fourth-order valence-corrected chi connectivity index (χ4v) is 1.69. The van der Waals surface area contributed by atoms with E-state index in [-0.39, 0.29) is 12.5 Å². The van der Waals surface area contributed by atoms with Crippen molar-refractivity contribution in [1.82, 2.24) is 9.99 Å². The monoisotopic (exact) mass is 221 g/mol. The van der Waals surface area contributed by atoms with Crippen molar-refractivity contribution in [3.05, 3.63) is 36.0 Å². The van der Waals surface area contributed by atoms with Gasteiger partial charge >= 0.3 is 0 Å². The van der Waals surface area contributed by atoms with Gasteiger partial charge < -0.3 is 4.57 Å². The molecule has 0 spiro atoms. The van der Waals surface area contributed by atoms with Crippen LogP contribution < -0.4 is 11.3 Å². The Hall–Kier alpha value is -1.88. The lowest BCUT2D eigenvalue weighted by atomic mass is 10.1. The molecule has 0 fully saturated rings. The quantitative estimate of drug-likeness (QED) is 0.465. The zero-order valence-corrected chi connectivity index (χ0v) is 8.61. The number of hydrogen-bond donors (Lipinski definition) is 2. The second-order valence-corrected chi connectivity index (χ2v) is 3.45. The Morgan fingerprint density at radius 1 is 1.44 bits per heavy atom. The SMILES string of the molecule is NNC(=O)c1ccc2ccn(CCF)c2c1. The van der Waals surface area contributed by atoms with Gasteiger partial charge in [-0.25, -0.2) is 10.2 Å². The molecule has 0 atom stereocenters. The van der Waals surface area contributed by atoms with Gasteiger partial charge in [-0.2, -0.15) is 0 Å². The predicted octanol–water partition coefficient (Wildman–Crippen LogP) is 1.21. The van der Waals surface area contributed by atoms with Gasteiger partial charge in [0.05, 0.1) is 6.54 Å². The lowest BCUT2D eigenvalue weighted by Crippen LogP contribution is -2.29. The smallest absolute Gasteiger partial charge is 0.265 e. The van der Waals surface area contributed by atoms with Crippen molar-refractivity contribution in [2.75, 3.05) is 6.67 Å². The van der Waals surface area contributed by atoms with Crippen molar-refractivity contribution in [2.24, 2.45) is 5.84 Å². The zero-order valence-electron chi connectivity index (χ0n) is 8.61. The highest BCUT2D eigenvalue weighted by atomic mass is 19.1. The highest BCUT2D eigenvalue weighted by Crippen LogP contribution is 2.17. The Balaban J connectivity index is 2.49. The van der Waals surface area contributed by atoms with Crippen LogP contribution in [0.5, 0.6) is 0 Å². The molecule has 0 aliphatic rings. The number of nitrogen functional groups attached to an aromatic ring is 1. The molecule has 84 valence electrons. The number of nitrogens with two attached hydrogens (primary N) is 1. The number of carbonyl (C=O) groups excluding carboxylic acids is 1. The molecule has 0 aliphatic carbocycles. The number of aromatic nitrogens is 1. The number of aryl methyl sites for hydroxylation is 1. The number of hydrogen-bond acceptors (Lipinski definition) is 2. The normalized spacial score (nSPS) is 10.6. The van der Waals surface area contributed by atoms with Crippen LogP contribution >= 0.6 is 0 Å². The summed E-state index contributed by atoms with van der Waals surface area (Å²) >= 11 is 0. The maximum Gasteiger partial charge on any atom is 0.265 e. The van der Waals surface area contributed by atoms with E-state index in [0.717, 1.165) is 10.9 Å². The minimum atomic E-state index is -0.433. The van der Waals surface area contributed by atoms with Crippen LogP contribution in [0.3, 0.4) is 0 Å². The fourth-order valence-electron chi connectivity index (χ4n) is 1.69. The molecule has 0 unspecified atom stereocenters. The third-order valence-electron chi connectivity index (χ3n) is 2.49. The van der Waals surface area contributed by atoms with E-state index in [1.54, 1.807) is 22.9 Å². The molecule has 3 N–H and O–H groups in total. The van der Waals surface area contributed by atoms with Crippen LogP contribution in [0.2, 0.25) is 0 Å². The Morgan fingerprint density at radius 2 is 2.25 bits per heavy atom. The Labute approximate surface area is 91.8 Å². The maximum atomic E-state index is 12.3. The molecule has 2 rings (SSSR count). The number of hydrazine groups is 1. The Kier molecular flexibility index (Phi) is 2.87. The highest BCUT2D eigenvalue weighted by Gasteiger charge is 2.06. The second-order valence-electron chi connectivity index (χ2n) is 3.45. The summed E-state index contributed by atoms with van der Waals surface area (Å²) in [5.74, 6) is 4.70. The average molecular weight is 221 g/mol. The van der Waals surface area contributed by atoms with Crippen LogP contribution in [0.4, 0.5) is 4.39 Å². The van der Waals surface area contributed by atoms with Crippen molar-refractivity contribution in [3.63, 3.8) is 0 Å². The van der Waals surface area contributed by atoms with Crippen molar-refractivity contribution < 1.29 is 9.18 Å². The summed E-state index contributed by atoms with van der Waals surface area (Å²) in [5.41, 5.74) is 3.37. The topological polar surface area (TPSA) is 60.0 Å². The second kappa shape index (κ2) is 4.32. The van der Waals surface area contributed by atoms with E-state index in [9.17, 15) is 9.18 Å². The van der Waals surface area contributed by atoms with Crippen LogP contribution in [-0.2, 0) is 6.54 Å². The van der Waals surface area contributed by atoms with Crippen molar-refractivity contribution >= 4 is 16.8 Å². The van der Waals surface area contributed by atoms with Crippen LogP contribution in [0.25, 0.3) is 10.9 Å². The van der Waals surface area contributed by atoms with Crippen molar-refractivity contribution in [3.8, 4) is 0 Å². The van der Waals surface area contributed by atoms with E-state index >= 15 is 0 Å². The standard InChI is InChI=1S/C11H12FN3O/c12-4-6-15-5-3-8-1-2-9(7-10(8)15)11(16)14-13/h1-3,5,7H,4,6,13H2,(H,14,16). The summed E-state index contributed by atoms with van der Waals surface area (Å²) in [6.45, 7) is -0.145. The molecule has 16 heavy (non-hydrogen) atoms. The number of amides is 1. The van der Waals surface area contributed by atoms with Gasteiger partial charge in [0.25, 0.3) is 5.91 Å². The Morgan fingerprint density at radius 3 is 2.94 bits per heavy atom. The molecule has 1 heterocycles. The first-order chi connectivity index (χ1) is 7.76. The van der Waals surface area contributed by atoms with Gasteiger partial charge in [0, 0.05) is 17.3 Å². The number of alkyl halides is 1.